The van der Waals surface area contributed by atoms with Crippen LogP contribution in [-0.2, 0) is 4.74 Å². The number of hydrogen-bond donors (Lipinski definition) is 1. The van der Waals surface area contributed by atoms with Crippen LogP contribution in [0.5, 0.6) is 0 Å². The monoisotopic (exact) mass is 188 g/mol. The van der Waals surface area contributed by atoms with E-state index >= 15 is 0 Å². The maximum absolute atomic E-state index is 5.76. The van der Waals surface area contributed by atoms with Crippen molar-refractivity contribution in [2.75, 3.05) is 18.1 Å². The zero-order valence-corrected chi connectivity index (χ0v) is 8.43. The lowest BCUT2D eigenvalue weighted by Gasteiger charge is -2.21. The van der Waals surface area contributed by atoms with Gasteiger partial charge in [0.2, 0.25) is 0 Å². The van der Waals surface area contributed by atoms with Crippen LogP contribution in [0.3, 0.4) is 0 Å². The second-order valence-electron chi connectivity index (χ2n) is 3.08. The fourth-order valence-corrected chi connectivity index (χ4v) is 1.90. The van der Waals surface area contributed by atoms with E-state index in [-0.39, 0.29) is 12.1 Å². The van der Waals surface area contributed by atoms with E-state index in [9.17, 15) is 0 Å². The van der Waals surface area contributed by atoms with Crippen LogP contribution in [0.1, 0.15) is 13.8 Å². The number of amidine groups is 1. The van der Waals surface area contributed by atoms with Gasteiger partial charge in [-0.15, -0.1) is 0 Å². The highest BCUT2D eigenvalue weighted by Gasteiger charge is 2.17. The van der Waals surface area contributed by atoms with Crippen LogP contribution in [0.25, 0.3) is 0 Å². The maximum atomic E-state index is 5.76. The average molecular weight is 188 g/mol. The third kappa shape index (κ3) is 3.03. The largest absolute Gasteiger partial charge is 0.385 e. The van der Waals surface area contributed by atoms with E-state index in [1.807, 2.05) is 25.6 Å². The molecule has 0 amide bonds. The first-order chi connectivity index (χ1) is 5.70. The van der Waals surface area contributed by atoms with Gasteiger partial charge in [0.05, 0.1) is 6.61 Å². The van der Waals surface area contributed by atoms with E-state index in [1.165, 1.54) is 0 Å². The van der Waals surface area contributed by atoms with Gasteiger partial charge < -0.3 is 10.5 Å². The molecule has 2 N–H and O–H groups in total. The highest BCUT2D eigenvalue weighted by molar-refractivity contribution is 7.99. The lowest BCUT2D eigenvalue weighted by molar-refractivity contribution is 0.120. The molecule has 0 aliphatic carbocycles. The van der Waals surface area contributed by atoms with E-state index in [2.05, 4.69) is 4.99 Å². The molecule has 1 atom stereocenters. The Morgan fingerprint density at radius 1 is 1.67 bits per heavy atom. The van der Waals surface area contributed by atoms with E-state index in [0.717, 1.165) is 18.1 Å². The van der Waals surface area contributed by atoms with Gasteiger partial charge in [-0.3, -0.25) is 4.99 Å². The zero-order chi connectivity index (χ0) is 8.97. The molecule has 1 aliphatic heterocycles. The van der Waals surface area contributed by atoms with Crippen molar-refractivity contribution in [3.8, 4) is 0 Å². The minimum atomic E-state index is 0.0474. The Hall–Kier alpha value is -0.220. The van der Waals surface area contributed by atoms with Gasteiger partial charge in [-0.1, -0.05) is 0 Å². The summed E-state index contributed by atoms with van der Waals surface area (Å²) in [6.07, 6.45) is 0.0474. The topological polar surface area (TPSA) is 47.6 Å². The Morgan fingerprint density at radius 3 is 2.92 bits per heavy atom. The highest BCUT2D eigenvalue weighted by atomic mass is 32.2. The minimum Gasteiger partial charge on any atom is -0.385 e. The van der Waals surface area contributed by atoms with Gasteiger partial charge in [0, 0.05) is 17.5 Å². The normalized spacial score (nSPS) is 26.2. The summed E-state index contributed by atoms with van der Waals surface area (Å²) in [5.41, 5.74) is 5.76. The Morgan fingerprint density at radius 2 is 2.42 bits per heavy atom. The average Bonchev–Trinajstić information content (AvgIpc) is 2.05. The van der Waals surface area contributed by atoms with Gasteiger partial charge in [0.1, 0.15) is 11.9 Å². The lowest BCUT2D eigenvalue weighted by atomic mass is 10.3. The Kier molecular flexibility index (Phi) is 3.88. The second-order valence-corrected chi connectivity index (χ2v) is 4.23. The van der Waals surface area contributed by atoms with Crippen LogP contribution < -0.4 is 5.73 Å². The maximum Gasteiger partial charge on any atom is 0.124 e. The summed E-state index contributed by atoms with van der Waals surface area (Å²) >= 11 is 1.87. The van der Waals surface area contributed by atoms with Crippen LogP contribution in [0, 0.1) is 0 Å². The van der Waals surface area contributed by atoms with Crippen molar-refractivity contribution in [3.05, 3.63) is 0 Å². The molecule has 1 fully saturated rings. The molecule has 0 aromatic carbocycles. The molecule has 1 rings (SSSR count). The van der Waals surface area contributed by atoms with Gasteiger partial charge >= 0.3 is 0 Å². The summed E-state index contributed by atoms with van der Waals surface area (Å²) in [4.78, 5) is 4.26. The quantitative estimate of drug-likeness (QED) is 0.517. The molecule has 0 saturated carbocycles. The number of hydrogen-bond acceptors (Lipinski definition) is 3. The molecule has 70 valence electrons. The summed E-state index contributed by atoms with van der Waals surface area (Å²) in [7, 11) is 0. The van der Waals surface area contributed by atoms with Gasteiger partial charge in [0.15, 0.2) is 0 Å². The predicted octanol–water partition coefficient (Wildman–Crippen LogP) is 0.884. The van der Waals surface area contributed by atoms with Crippen LogP contribution >= 0.6 is 11.8 Å². The van der Waals surface area contributed by atoms with Crippen LogP contribution in [0.4, 0.5) is 0 Å². The number of thioether (sulfide) groups is 1. The second kappa shape index (κ2) is 4.72. The molecule has 4 heteroatoms. The molecule has 0 aromatic heterocycles. The molecule has 0 bridgehead atoms. The molecule has 3 nitrogen and oxygen atoms in total. The molecule has 12 heavy (non-hydrogen) atoms. The SMILES string of the molecule is CC(C)N=C(N)C1CSCCO1. The number of rotatable bonds is 2. The van der Waals surface area contributed by atoms with Crippen molar-refractivity contribution >= 4 is 17.6 Å². The lowest BCUT2D eigenvalue weighted by Crippen LogP contribution is -2.37. The van der Waals surface area contributed by atoms with Crippen molar-refractivity contribution < 1.29 is 4.74 Å². The molecule has 0 spiro atoms. The Balaban J connectivity index is 2.44. The van der Waals surface area contributed by atoms with Gasteiger partial charge in [-0.2, -0.15) is 11.8 Å². The summed E-state index contributed by atoms with van der Waals surface area (Å²) in [5.74, 6) is 2.67. The van der Waals surface area contributed by atoms with Gasteiger partial charge in [-0.25, -0.2) is 0 Å². The van der Waals surface area contributed by atoms with Crippen molar-refractivity contribution in [1.29, 1.82) is 0 Å². The van der Waals surface area contributed by atoms with Crippen molar-refractivity contribution in [1.82, 2.24) is 0 Å². The highest BCUT2D eigenvalue weighted by Crippen LogP contribution is 2.12. The van der Waals surface area contributed by atoms with Crippen LogP contribution in [-0.4, -0.2) is 36.1 Å². The molecular formula is C8H16N2OS. The Labute approximate surface area is 77.8 Å². The molecule has 0 aromatic rings. The first kappa shape index (κ1) is 9.86. The van der Waals surface area contributed by atoms with E-state index in [0.29, 0.717) is 5.84 Å². The number of aliphatic imine (C=N–C) groups is 1. The zero-order valence-electron chi connectivity index (χ0n) is 7.62. The third-order valence-electron chi connectivity index (χ3n) is 1.55. The van der Waals surface area contributed by atoms with Gasteiger partial charge in [-0.05, 0) is 13.8 Å². The fraction of sp³-hybridized carbons (Fsp3) is 0.875. The molecule has 1 heterocycles. The third-order valence-corrected chi connectivity index (χ3v) is 2.55. The predicted molar refractivity (Wildman–Crippen MR) is 53.8 cm³/mol. The smallest absolute Gasteiger partial charge is 0.124 e. The molecule has 1 unspecified atom stereocenters. The van der Waals surface area contributed by atoms with Crippen molar-refractivity contribution in [2.45, 2.75) is 26.0 Å². The molecular weight excluding hydrogens is 172 g/mol. The van der Waals surface area contributed by atoms with Gasteiger partial charge in [0.25, 0.3) is 0 Å². The van der Waals surface area contributed by atoms with E-state index in [1.54, 1.807) is 0 Å². The minimum absolute atomic E-state index is 0.0474. The van der Waals surface area contributed by atoms with E-state index in [4.69, 9.17) is 10.5 Å². The summed E-state index contributed by atoms with van der Waals surface area (Å²) in [6.45, 7) is 4.83. The first-order valence-corrected chi connectivity index (χ1v) is 5.38. The van der Waals surface area contributed by atoms with Crippen molar-refractivity contribution in [2.24, 2.45) is 10.7 Å². The molecule has 0 radical (unpaired) electrons. The number of nitrogens with zero attached hydrogens (tertiary/aromatic N) is 1. The van der Waals surface area contributed by atoms with Crippen molar-refractivity contribution in [3.63, 3.8) is 0 Å². The molecule has 1 saturated heterocycles. The summed E-state index contributed by atoms with van der Waals surface area (Å²) in [5, 5.41) is 0. The first-order valence-electron chi connectivity index (χ1n) is 4.22. The van der Waals surface area contributed by atoms with Crippen LogP contribution in [0.15, 0.2) is 4.99 Å². The summed E-state index contributed by atoms with van der Waals surface area (Å²) < 4.78 is 5.46. The Bertz CT molecular complexity index is 164. The fourth-order valence-electron chi connectivity index (χ4n) is 1.04. The van der Waals surface area contributed by atoms with Crippen LogP contribution in [0.2, 0.25) is 0 Å². The molecule has 1 aliphatic rings. The summed E-state index contributed by atoms with van der Waals surface area (Å²) in [6, 6.07) is 0.264. The number of nitrogens with two attached hydrogens (primary N) is 1. The van der Waals surface area contributed by atoms with E-state index < -0.39 is 0 Å². The standard InChI is InChI=1S/C8H16N2OS/c1-6(2)10-8(9)7-5-12-4-3-11-7/h6-7H,3-5H2,1-2H3,(H2,9,10). The number of ether oxygens (including phenoxy) is 1.